The highest BCUT2D eigenvalue weighted by molar-refractivity contribution is 5.93. The molecule has 1 saturated carbocycles. The Morgan fingerprint density at radius 3 is 2.90 bits per heavy atom. The van der Waals surface area contributed by atoms with Crippen molar-refractivity contribution in [1.82, 2.24) is 14.7 Å². The SMILES string of the molecule is CCn1nc(C)cc1C(=O)N1C[C@H]2CCC(N)C[C@H]2C1. The minimum atomic E-state index is 0.135. The molecule has 5 heteroatoms. The number of rotatable bonds is 2. The van der Waals surface area contributed by atoms with Gasteiger partial charge >= 0.3 is 0 Å². The molecule has 3 rings (SSSR count). The summed E-state index contributed by atoms with van der Waals surface area (Å²) in [6.07, 6.45) is 3.34. The number of carbonyl (C=O) groups is 1. The zero-order valence-corrected chi connectivity index (χ0v) is 12.4. The topological polar surface area (TPSA) is 64.2 Å². The van der Waals surface area contributed by atoms with Gasteiger partial charge in [0, 0.05) is 25.7 Å². The van der Waals surface area contributed by atoms with Crippen LogP contribution in [0.15, 0.2) is 6.07 Å². The highest BCUT2D eigenvalue weighted by Crippen LogP contribution is 2.36. The quantitative estimate of drug-likeness (QED) is 0.888. The Hall–Kier alpha value is -1.36. The third-order valence-corrected chi connectivity index (χ3v) is 4.80. The van der Waals surface area contributed by atoms with Crippen LogP contribution in [-0.4, -0.2) is 39.7 Å². The third kappa shape index (κ3) is 2.35. The minimum Gasteiger partial charge on any atom is -0.337 e. The van der Waals surface area contributed by atoms with E-state index in [9.17, 15) is 4.79 Å². The zero-order chi connectivity index (χ0) is 14.3. The summed E-state index contributed by atoms with van der Waals surface area (Å²) in [6.45, 7) is 6.45. The molecule has 3 atom stereocenters. The van der Waals surface area contributed by atoms with Crippen molar-refractivity contribution in [1.29, 1.82) is 0 Å². The van der Waals surface area contributed by atoms with Gasteiger partial charge in [0.1, 0.15) is 5.69 Å². The molecule has 1 aliphatic heterocycles. The second-order valence-electron chi connectivity index (χ2n) is 6.29. The lowest BCUT2D eigenvalue weighted by molar-refractivity contribution is 0.0771. The first-order valence-electron chi connectivity index (χ1n) is 7.67. The van der Waals surface area contributed by atoms with Crippen molar-refractivity contribution in [3.05, 3.63) is 17.5 Å². The average molecular weight is 276 g/mol. The highest BCUT2D eigenvalue weighted by Gasteiger charge is 2.39. The largest absolute Gasteiger partial charge is 0.337 e. The number of nitrogens with two attached hydrogens (primary N) is 1. The van der Waals surface area contributed by atoms with Crippen LogP contribution in [0.1, 0.15) is 42.4 Å². The number of carbonyl (C=O) groups excluding carboxylic acids is 1. The van der Waals surface area contributed by atoms with Crippen molar-refractivity contribution in [3.63, 3.8) is 0 Å². The Balaban J connectivity index is 1.75. The van der Waals surface area contributed by atoms with Crippen LogP contribution < -0.4 is 5.73 Å². The van der Waals surface area contributed by atoms with Crippen molar-refractivity contribution in [2.45, 2.75) is 45.7 Å². The number of hydrogen-bond acceptors (Lipinski definition) is 3. The molecular weight excluding hydrogens is 252 g/mol. The number of fused-ring (bicyclic) bond motifs is 1. The van der Waals surface area contributed by atoms with Crippen LogP contribution in [0, 0.1) is 18.8 Å². The second kappa shape index (κ2) is 5.20. The molecule has 110 valence electrons. The van der Waals surface area contributed by atoms with E-state index in [2.05, 4.69) is 5.10 Å². The van der Waals surface area contributed by atoms with Crippen LogP contribution in [0.4, 0.5) is 0 Å². The van der Waals surface area contributed by atoms with Crippen LogP contribution in [0.5, 0.6) is 0 Å². The van der Waals surface area contributed by atoms with Crippen LogP contribution >= 0.6 is 0 Å². The summed E-state index contributed by atoms with van der Waals surface area (Å²) in [5.74, 6) is 1.38. The minimum absolute atomic E-state index is 0.135. The van der Waals surface area contributed by atoms with E-state index in [1.807, 2.05) is 29.5 Å². The number of nitrogens with zero attached hydrogens (tertiary/aromatic N) is 3. The van der Waals surface area contributed by atoms with E-state index in [1.54, 1.807) is 0 Å². The Labute approximate surface area is 120 Å². The smallest absolute Gasteiger partial charge is 0.272 e. The molecule has 0 spiro atoms. The number of likely N-dealkylation sites (tertiary alicyclic amines) is 1. The number of hydrogen-bond donors (Lipinski definition) is 1. The summed E-state index contributed by atoms with van der Waals surface area (Å²) in [7, 11) is 0. The molecule has 0 bridgehead atoms. The van der Waals surface area contributed by atoms with E-state index in [0.717, 1.165) is 43.9 Å². The molecule has 1 aromatic heterocycles. The maximum absolute atomic E-state index is 12.7. The lowest BCUT2D eigenvalue weighted by Gasteiger charge is -2.27. The van der Waals surface area contributed by atoms with Crippen molar-refractivity contribution >= 4 is 5.91 Å². The molecule has 20 heavy (non-hydrogen) atoms. The zero-order valence-electron chi connectivity index (χ0n) is 12.4. The second-order valence-corrected chi connectivity index (χ2v) is 6.29. The first-order valence-corrected chi connectivity index (χ1v) is 7.67. The average Bonchev–Trinajstić information content (AvgIpc) is 3.00. The summed E-state index contributed by atoms with van der Waals surface area (Å²) >= 11 is 0. The maximum atomic E-state index is 12.7. The Morgan fingerprint density at radius 2 is 2.15 bits per heavy atom. The van der Waals surface area contributed by atoms with Gasteiger partial charge in [-0.2, -0.15) is 5.10 Å². The maximum Gasteiger partial charge on any atom is 0.272 e. The van der Waals surface area contributed by atoms with Gasteiger partial charge in [0.25, 0.3) is 5.91 Å². The Bertz CT molecular complexity index is 510. The van der Waals surface area contributed by atoms with Gasteiger partial charge in [-0.1, -0.05) is 0 Å². The van der Waals surface area contributed by atoms with Crippen molar-refractivity contribution in [2.75, 3.05) is 13.1 Å². The van der Waals surface area contributed by atoms with E-state index in [4.69, 9.17) is 5.73 Å². The molecule has 2 aliphatic rings. The van der Waals surface area contributed by atoms with Crippen molar-refractivity contribution in [3.8, 4) is 0 Å². The Kier molecular flexibility index (Phi) is 3.54. The summed E-state index contributed by atoms with van der Waals surface area (Å²) in [4.78, 5) is 14.7. The first-order chi connectivity index (χ1) is 9.58. The van der Waals surface area contributed by atoms with Gasteiger partial charge in [0.05, 0.1) is 5.69 Å². The fourth-order valence-electron chi connectivity index (χ4n) is 3.75. The summed E-state index contributed by atoms with van der Waals surface area (Å²) < 4.78 is 1.81. The third-order valence-electron chi connectivity index (χ3n) is 4.80. The summed E-state index contributed by atoms with van der Waals surface area (Å²) in [5.41, 5.74) is 7.70. The van der Waals surface area contributed by atoms with Crippen LogP contribution in [0.3, 0.4) is 0 Å². The molecule has 1 aliphatic carbocycles. The highest BCUT2D eigenvalue weighted by atomic mass is 16.2. The van der Waals surface area contributed by atoms with Crippen LogP contribution in [0.2, 0.25) is 0 Å². The lowest BCUT2D eigenvalue weighted by Crippen LogP contribution is -2.32. The van der Waals surface area contributed by atoms with Crippen molar-refractivity contribution in [2.24, 2.45) is 17.6 Å². The number of aryl methyl sites for hydroxylation is 2. The predicted octanol–water partition coefficient (Wildman–Crippen LogP) is 1.41. The normalized spacial score (nSPS) is 29.6. The molecule has 1 aromatic rings. The van der Waals surface area contributed by atoms with E-state index in [-0.39, 0.29) is 5.91 Å². The lowest BCUT2D eigenvalue weighted by atomic mass is 9.79. The molecule has 5 nitrogen and oxygen atoms in total. The molecule has 0 aromatic carbocycles. The summed E-state index contributed by atoms with van der Waals surface area (Å²) in [6, 6.07) is 2.23. The number of amides is 1. The van der Waals surface area contributed by atoms with Gasteiger partial charge < -0.3 is 10.6 Å². The molecule has 1 unspecified atom stereocenters. The first kappa shape index (κ1) is 13.6. The monoisotopic (exact) mass is 276 g/mol. The van der Waals surface area contributed by atoms with Gasteiger partial charge in [-0.3, -0.25) is 9.48 Å². The molecule has 1 amide bonds. The molecule has 1 saturated heterocycles. The van der Waals surface area contributed by atoms with E-state index < -0.39 is 0 Å². The van der Waals surface area contributed by atoms with Crippen LogP contribution in [-0.2, 0) is 6.54 Å². The van der Waals surface area contributed by atoms with Gasteiger partial charge in [-0.05, 0) is 51.0 Å². The molecular formula is C15H24N4O. The summed E-state index contributed by atoms with van der Waals surface area (Å²) in [5, 5.41) is 4.37. The molecule has 0 radical (unpaired) electrons. The predicted molar refractivity (Wildman–Crippen MR) is 77.3 cm³/mol. The number of aromatic nitrogens is 2. The van der Waals surface area contributed by atoms with Gasteiger partial charge in [0.15, 0.2) is 0 Å². The fourth-order valence-corrected chi connectivity index (χ4v) is 3.75. The molecule has 2 N–H and O–H groups in total. The van der Waals surface area contributed by atoms with E-state index >= 15 is 0 Å². The van der Waals surface area contributed by atoms with Crippen molar-refractivity contribution < 1.29 is 4.79 Å². The molecule has 2 heterocycles. The van der Waals surface area contributed by atoms with Gasteiger partial charge in [-0.25, -0.2) is 0 Å². The van der Waals surface area contributed by atoms with Gasteiger partial charge in [-0.15, -0.1) is 0 Å². The van der Waals surface area contributed by atoms with Crippen LogP contribution in [0.25, 0.3) is 0 Å². The molecule has 2 fully saturated rings. The van der Waals surface area contributed by atoms with E-state index in [0.29, 0.717) is 17.9 Å². The fraction of sp³-hybridized carbons (Fsp3) is 0.733. The standard InChI is InChI=1S/C15H24N4O/c1-3-19-14(6-10(2)17-19)15(20)18-8-11-4-5-13(16)7-12(11)9-18/h6,11-13H,3-5,7-9,16H2,1-2H3/t11-,12+,13?/m1/s1. The van der Waals surface area contributed by atoms with E-state index in [1.165, 1.54) is 6.42 Å². The van der Waals surface area contributed by atoms with Gasteiger partial charge in [0.2, 0.25) is 0 Å². The Morgan fingerprint density at radius 1 is 1.40 bits per heavy atom.